The van der Waals surface area contributed by atoms with Crippen molar-refractivity contribution in [1.29, 1.82) is 0 Å². The fourth-order valence-corrected chi connectivity index (χ4v) is 2.07. The monoisotopic (exact) mass is 330 g/mol. The lowest BCUT2D eigenvalue weighted by atomic mass is 9.88. The first-order valence-corrected chi connectivity index (χ1v) is 9.26. The van der Waals surface area contributed by atoms with Crippen LogP contribution in [-0.2, 0) is 11.0 Å². The fourth-order valence-electron chi connectivity index (χ4n) is 1.52. The summed E-state index contributed by atoms with van der Waals surface area (Å²) in [5.74, 6) is -1.66. The second-order valence-electron chi connectivity index (χ2n) is 4.67. The predicted molar refractivity (Wildman–Crippen MR) is 94.2 cm³/mol. The van der Waals surface area contributed by atoms with E-state index < -0.39 is 19.5 Å². The van der Waals surface area contributed by atoms with E-state index in [9.17, 15) is 9.67 Å². The standard InChI is InChI=1S/C11H18NO4P.C2H6B.C2H6/c12-10(8-11(13)17(14,15)16)7-6-9-4-2-1-3-5-9;1-3-2;1-2/h1-5,10-11,13H,6-8,12H2,(H2,14,15,16);1-2H3;1-2H3/t10-,11?;;/m1../s1. The van der Waals surface area contributed by atoms with E-state index >= 15 is 0 Å². The maximum atomic E-state index is 10.7. The van der Waals surface area contributed by atoms with E-state index in [0.717, 1.165) is 12.0 Å². The molecule has 0 saturated heterocycles. The Labute approximate surface area is 135 Å². The topological polar surface area (TPSA) is 104 Å². The molecule has 1 rings (SSSR count). The van der Waals surface area contributed by atoms with Crippen molar-refractivity contribution in [1.82, 2.24) is 0 Å². The van der Waals surface area contributed by atoms with E-state index in [1.54, 1.807) is 0 Å². The molecule has 5 nitrogen and oxygen atoms in total. The van der Waals surface area contributed by atoms with E-state index in [1.165, 1.54) is 0 Å². The number of aliphatic hydroxyl groups excluding tert-OH is 1. The lowest BCUT2D eigenvalue weighted by Crippen LogP contribution is -2.26. The quantitative estimate of drug-likeness (QED) is 0.474. The summed E-state index contributed by atoms with van der Waals surface area (Å²) in [5.41, 5.74) is 6.83. The first kappa shape index (κ1) is 23.6. The molecule has 1 aromatic rings. The number of hydrogen-bond donors (Lipinski definition) is 4. The van der Waals surface area contributed by atoms with Gasteiger partial charge in [0.2, 0.25) is 0 Å². The summed E-state index contributed by atoms with van der Waals surface area (Å²) in [4.78, 5) is 17.5. The van der Waals surface area contributed by atoms with Crippen LogP contribution in [0.3, 0.4) is 0 Å². The predicted octanol–water partition coefficient (Wildman–Crippen LogP) is 2.65. The van der Waals surface area contributed by atoms with Crippen LogP contribution in [0.2, 0.25) is 13.6 Å². The highest BCUT2D eigenvalue weighted by atomic mass is 31.2. The van der Waals surface area contributed by atoms with Gasteiger partial charge in [0.25, 0.3) is 0 Å². The lowest BCUT2D eigenvalue weighted by Gasteiger charge is -2.17. The summed E-state index contributed by atoms with van der Waals surface area (Å²) in [7, 11) is -2.43. The van der Waals surface area contributed by atoms with Gasteiger partial charge in [0.1, 0.15) is 7.28 Å². The summed E-state index contributed by atoms with van der Waals surface area (Å²) in [5, 5.41) is 9.21. The second kappa shape index (κ2) is 14.0. The molecule has 0 aliphatic carbocycles. The van der Waals surface area contributed by atoms with Crippen molar-refractivity contribution in [3.8, 4) is 0 Å². The van der Waals surface area contributed by atoms with E-state index in [0.29, 0.717) is 6.42 Å². The van der Waals surface area contributed by atoms with Gasteiger partial charge in [-0.05, 0) is 18.4 Å². The molecule has 0 aliphatic rings. The summed E-state index contributed by atoms with van der Waals surface area (Å²) in [6.07, 6.45) is 1.23. The smallest absolute Gasteiger partial charge is 0.353 e. The van der Waals surface area contributed by atoms with Crippen LogP contribution in [0.4, 0.5) is 0 Å². The molecule has 0 heterocycles. The number of nitrogens with two attached hydrogens (primary N) is 1. The Bertz CT molecular complexity index is 400. The molecule has 0 fully saturated rings. The summed E-state index contributed by atoms with van der Waals surface area (Å²) in [6.45, 7) is 8.00. The Morgan fingerprint density at radius 1 is 1.18 bits per heavy atom. The minimum Gasteiger partial charge on any atom is -0.380 e. The maximum absolute atomic E-state index is 10.7. The van der Waals surface area contributed by atoms with Crippen molar-refractivity contribution < 1.29 is 19.5 Å². The highest BCUT2D eigenvalue weighted by Crippen LogP contribution is 2.41. The van der Waals surface area contributed by atoms with Gasteiger partial charge < -0.3 is 20.6 Å². The summed E-state index contributed by atoms with van der Waals surface area (Å²) < 4.78 is 10.7. The van der Waals surface area contributed by atoms with Crippen molar-refractivity contribution in [3.05, 3.63) is 35.9 Å². The molecule has 0 aliphatic heterocycles. The zero-order chi connectivity index (χ0) is 17.6. The number of hydrogen-bond acceptors (Lipinski definition) is 3. The van der Waals surface area contributed by atoms with Crippen molar-refractivity contribution in [2.24, 2.45) is 5.73 Å². The summed E-state index contributed by atoms with van der Waals surface area (Å²) in [6, 6.07) is 9.27. The van der Waals surface area contributed by atoms with Crippen molar-refractivity contribution in [2.75, 3.05) is 0 Å². The Kier molecular flexibility index (Phi) is 15.0. The average molecular weight is 330 g/mol. The molecule has 1 radical (unpaired) electrons. The van der Waals surface area contributed by atoms with Gasteiger partial charge in [-0.25, -0.2) is 0 Å². The summed E-state index contributed by atoms with van der Waals surface area (Å²) >= 11 is 0. The van der Waals surface area contributed by atoms with Gasteiger partial charge in [-0.3, -0.25) is 4.57 Å². The molecule has 1 aromatic carbocycles. The third kappa shape index (κ3) is 13.0. The van der Waals surface area contributed by atoms with Crippen LogP contribution in [0.15, 0.2) is 30.3 Å². The van der Waals surface area contributed by atoms with Gasteiger partial charge in [0, 0.05) is 12.5 Å². The van der Waals surface area contributed by atoms with Crippen LogP contribution in [0.25, 0.3) is 0 Å². The second-order valence-corrected chi connectivity index (χ2v) is 6.44. The van der Waals surface area contributed by atoms with E-state index in [-0.39, 0.29) is 6.42 Å². The molecule has 5 N–H and O–H groups in total. The highest BCUT2D eigenvalue weighted by Gasteiger charge is 2.27. The third-order valence-electron chi connectivity index (χ3n) is 2.55. The van der Waals surface area contributed by atoms with Crippen LogP contribution in [0, 0.1) is 0 Å². The molecule has 127 valence electrons. The van der Waals surface area contributed by atoms with Crippen molar-refractivity contribution in [3.63, 3.8) is 0 Å². The number of aryl methyl sites for hydroxylation is 1. The average Bonchev–Trinajstić information content (AvgIpc) is 2.48. The van der Waals surface area contributed by atoms with Crippen molar-refractivity contribution >= 4 is 14.9 Å². The zero-order valence-corrected chi connectivity index (χ0v) is 14.9. The Morgan fingerprint density at radius 2 is 1.64 bits per heavy atom. The van der Waals surface area contributed by atoms with Crippen LogP contribution in [0.5, 0.6) is 0 Å². The third-order valence-corrected chi connectivity index (χ3v) is 3.54. The van der Waals surface area contributed by atoms with Crippen LogP contribution in [0.1, 0.15) is 32.3 Å². The van der Waals surface area contributed by atoms with Gasteiger partial charge in [-0.1, -0.05) is 57.8 Å². The molecule has 1 unspecified atom stereocenters. The number of rotatable bonds is 6. The Morgan fingerprint density at radius 3 is 2.05 bits per heavy atom. The van der Waals surface area contributed by atoms with Gasteiger partial charge in [0.15, 0.2) is 5.85 Å². The molecule has 7 heteroatoms. The van der Waals surface area contributed by atoms with Gasteiger partial charge in [0.05, 0.1) is 0 Å². The van der Waals surface area contributed by atoms with Crippen LogP contribution >= 0.6 is 7.60 Å². The highest BCUT2D eigenvalue weighted by molar-refractivity contribution is 7.52. The molecule has 0 amide bonds. The van der Waals surface area contributed by atoms with Gasteiger partial charge in [-0.15, -0.1) is 0 Å². The number of aliphatic hydroxyl groups is 1. The van der Waals surface area contributed by atoms with Gasteiger partial charge in [-0.2, -0.15) is 0 Å². The molecule has 2 atom stereocenters. The molecule has 0 spiro atoms. The minimum atomic E-state index is -4.43. The Hall–Kier alpha value is -0.645. The zero-order valence-electron chi connectivity index (χ0n) is 14.0. The Balaban J connectivity index is 0. The fraction of sp³-hybridized carbons (Fsp3) is 0.600. The number of benzene rings is 1. The maximum Gasteiger partial charge on any atom is 0.353 e. The largest absolute Gasteiger partial charge is 0.380 e. The van der Waals surface area contributed by atoms with Gasteiger partial charge >= 0.3 is 7.60 Å². The molecule has 0 bridgehead atoms. The SMILES string of the molecule is CC.C[B]C.N[C@H](CCc1ccccc1)CC(O)P(=O)(O)O. The lowest BCUT2D eigenvalue weighted by molar-refractivity contribution is 0.184. The molecule has 0 aromatic heterocycles. The normalized spacial score (nSPS) is 12.9. The van der Waals surface area contributed by atoms with E-state index in [1.807, 2.05) is 65.1 Å². The first-order chi connectivity index (χ1) is 10.3. The van der Waals surface area contributed by atoms with Crippen LogP contribution < -0.4 is 5.73 Å². The first-order valence-electron chi connectivity index (χ1n) is 7.58. The minimum absolute atomic E-state index is 0.0862. The molecular weight excluding hydrogens is 300 g/mol. The van der Waals surface area contributed by atoms with E-state index in [2.05, 4.69) is 0 Å². The molecular formula is C15H30BNO4P. The van der Waals surface area contributed by atoms with E-state index in [4.69, 9.17) is 15.5 Å². The molecule has 0 saturated carbocycles. The van der Waals surface area contributed by atoms with Crippen molar-refractivity contribution in [2.45, 2.75) is 58.6 Å². The van der Waals surface area contributed by atoms with Crippen LogP contribution in [-0.4, -0.2) is 34.1 Å². The molecule has 22 heavy (non-hydrogen) atoms.